The number of hydrogen-bond donors (Lipinski definition) is 1. The third-order valence-corrected chi connectivity index (χ3v) is 3.39. The van der Waals surface area contributed by atoms with E-state index in [1.54, 1.807) is 34.1 Å². The summed E-state index contributed by atoms with van der Waals surface area (Å²) in [7, 11) is 3.24. The first-order chi connectivity index (χ1) is 9.74. The first kappa shape index (κ1) is 15.3. The van der Waals surface area contributed by atoms with Crippen LogP contribution in [0.2, 0.25) is 0 Å². The number of aryl methyl sites for hydroxylation is 2. The predicted octanol–water partition coefficient (Wildman–Crippen LogP) is 1.96. The monoisotopic (exact) mass is 287 g/mol. The number of nitrogens with two attached hydrogens (primary N) is 1. The number of methoxy groups -OCH3 is 1. The maximum absolute atomic E-state index is 12.2. The summed E-state index contributed by atoms with van der Waals surface area (Å²) < 4.78 is 6.71. The van der Waals surface area contributed by atoms with Gasteiger partial charge in [0.05, 0.1) is 12.8 Å². The van der Waals surface area contributed by atoms with Crippen LogP contribution >= 0.6 is 0 Å². The molecule has 0 unspecified atom stereocenters. The van der Waals surface area contributed by atoms with Crippen LogP contribution in [-0.2, 0) is 12.6 Å². The molecular formula is C16H21N3O2. The first-order valence-electron chi connectivity index (χ1n) is 6.76. The highest BCUT2D eigenvalue weighted by atomic mass is 16.5. The number of aromatic nitrogens is 2. The van der Waals surface area contributed by atoms with Gasteiger partial charge in [-0.05, 0) is 39.0 Å². The van der Waals surface area contributed by atoms with Gasteiger partial charge in [-0.2, -0.15) is 5.10 Å². The van der Waals surface area contributed by atoms with E-state index in [0.29, 0.717) is 17.0 Å². The highest BCUT2D eigenvalue weighted by Gasteiger charge is 2.21. The molecule has 0 bridgehead atoms. The molecule has 112 valence electrons. The van der Waals surface area contributed by atoms with Crippen LogP contribution in [0.3, 0.4) is 0 Å². The number of rotatable bonds is 3. The van der Waals surface area contributed by atoms with Gasteiger partial charge in [-0.3, -0.25) is 4.79 Å². The van der Waals surface area contributed by atoms with E-state index in [4.69, 9.17) is 10.5 Å². The van der Waals surface area contributed by atoms with E-state index in [0.717, 1.165) is 11.1 Å². The summed E-state index contributed by atoms with van der Waals surface area (Å²) in [5, 5.41) is 4.34. The predicted molar refractivity (Wildman–Crippen MR) is 83.4 cm³/mol. The summed E-state index contributed by atoms with van der Waals surface area (Å²) >= 11 is 0. The lowest BCUT2D eigenvalue weighted by molar-refractivity contribution is 0.416. The minimum absolute atomic E-state index is 0.183. The molecule has 0 radical (unpaired) electrons. The van der Waals surface area contributed by atoms with Crippen LogP contribution in [0.4, 0.5) is 0 Å². The topological polar surface area (TPSA) is 70.1 Å². The third-order valence-electron chi connectivity index (χ3n) is 3.39. The van der Waals surface area contributed by atoms with E-state index in [2.05, 4.69) is 5.10 Å². The lowest BCUT2D eigenvalue weighted by Crippen LogP contribution is -2.38. The molecule has 0 spiro atoms. The highest BCUT2D eigenvalue weighted by molar-refractivity contribution is 5.68. The van der Waals surface area contributed by atoms with Gasteiger partial charge in [0.25, 0.3) is 5.56 Å². The first-order valence-corrected chi connectivity index (χ1v) is 6.76. The average Bonchev–Trinajstić information content (AvgIpc) is 2.40. The van der Waals surface area contributed by atoms with Crippen molar-refractivity contribution in [1.82, 2.24) is 9.78 Å². The van der Waals surface area contributed by atoms with Crippen molar-refractivity contribution in [1.29, 1.82) is 0 Å². The SMILES string of the molecule is COc1ccc(C)cc1-c1cc(C(C)(C)N)c(=O)n(C)n1. The van der Waals surface area contributed by atoms with Crippen molar-refractivity contribution in [3.8, 4) is 17.0 Å². The molecule has 0 saturated carbocycles. The zero-order chi connectivity index (χ0) is 15.8. The minimum Gasteiger partial charge on any atom is -0.496 e. The van der Waals surface area contributed by atoms with Crippen molar-refractivity contribution < 1.29 is 4.74 Å². The Labute approximate surface area is 124 Å². The Kier molecular flexibility index (Phi) is 3.87. The summed E-state index contributed by atoms with van der Waals surface area (Å²) in [6.45, 7) is 5.61. The molecule has 1 aromatic heterocycles. The summed E-state index contributed by atoms with van der Waals surface area (Å²) in [5.41, 5.74) is 8.32. The average molecular weight is 287 g/mol. The van der Waals surface area contributed by atoms with Crippen molar-refractivity contribution >= 4 is 0 Å². The van der Waals surface area contributed by atoms with Crippen LogP contribution in [0.15, 0.2) is 29.1 Å². The van der Waals surface area contributed by atoms with Crippen LogP contribution < -0.4 is 16.0 Å². The fourth-order valence-corrected chi connectivity index (χ4v) is 2.22. The van der Waals surface area contributed by atoms with E-state index in [1.807, 2.05) is 25.1 Å². The fraction of sp³-hybridized carbons (Fsp3) is 0.375. The molecule has 0 atom stereocenters. The molecule has 0 aliphatic rings. The zero-order valence-electron chi connectivity index (χ0n) is 13.1. The van der Waals surface area contributed by atoms with Crippen molar-refractivity contribution in [3.05, 3.63) is 45.7 Å². The van der Waals surface area contributed by atoms with Crippen molar-refractivity contribution in [2.75, 3.05) is 7.11 Å². The Bertz CT molecular complexity index is 727. The molecular weight excluding hydrogens is 266 g/mol. The molecule has 1 heterocycles. The maximum atomic E-state index is 12.2. The Morgan fingerprint density at radius 2 is 1.95 bits per heavy atom. The molecule has 2 N–H and O–H groups in total. The Hall–Kier alpha value is -2.14. The normalized spacial score (nSPS) is 11.5. The zero-order valence-corrected chi connectivity index (χ0v) is 13.1. The smallest absolute Gasteiger partial charge is 0.271 e. The molecule has 0 amide bonds. The molecule has 2 aromatic rings. The number of benzene rings is 1. The molecule has 0 aliphatic carbocycles. The van der Waals surface area contributed by atoms with Gasteiger partial charge in [0.15, 0.2) is 0 Å². The van der Waals surface area contributed by atoms with Crippen LogP contribution in [-0.4, -0.2) is 16.9 Å². The van der Waals surface area contributed by atoms with Gasteiger partial charge in [-0.15, -0.1) is 0 Å². The minimum atomic E-state index is -0.733. The van der Waals surface area contributed by atoms with Crippen LogP contribution in [0.5, 0.6) is 5.75 Å². The van der Waals surface area contributed by atoms with Crippen molar-refractivity contribution in [2.24, 2.45) is 12.8 Å². The van der Waals surface area contributed by atoms with Gasteiger partial charge in [0.2, 0.25) is 0 Å². The standard InChI is InChI=1S/C16H21N3O2/c1-10-6-7-14(21-5)11(8-10)13-9-12(16(2,3)17)15(20)19(4)18-13/h6-9H,17H2,1-5H3. The quantitative estimate of drug-likeness (QED) is 0.937. The van der Waals surface area contributed by atoms with Crippen LogP contribution in [0.25, 0.3) is 11.3 Å². The van der Waals surface area contributed by atoms with Gasteiger partial charge in [0, 0.05) is 23.7 Å². The van der Waals surface area contributed by atoms with E-state index in [-0.39, 0.29) is 5.56 Å². The van der Waals surface area contributed by atoms with E-state index in [9.17, 15) is 4.79 Å². The largest absolute Gasteiger partial charge is 0.496 e. The van der Waals surface area contributed by atoms with E-state index >= 15 is 0 Å². The highest BCUT2D eigenvalue weighted by Crippen LogP contribution is 2.30. The maximum Gasteiger partial charge on any atom is 0.271 e. The Morgan fingerprint density at radius 1 is 1.29 bits per heavy atom. The number of hydrogen-bond acceptors (Lipinski definition) is 4. The molecule has 1 aromatic carbocycles. The van der Waals surface area contributed by atoms with E-state index in [1.165, 1.54) is 4.68 Å². The summed E-state index contributed by atoms with van der Waals surface area (Å²) in [4.78, 5) is 12.2. The second kappa shape index (κ2) is 5.33. The molecule has 5 nitrogen and oxygen atoms in total. The van der Waals surface area contributed by atoms with Gasteiger partial charge in [0.1, 0.15) is 5.75 Å². The number of ether oxygens (including phenoxy) is 1. The van der Waals surface area contributed by atoms with Crippen LogP contribution in [0.1, 0.15) is 25.0 Å². The van der Waals surface area contributed by atoms with Crippen molar-refractivity contribution in [2.45, 2.75) is 26.3 Å². The second-order valence-electron chi connectivity index (χ2n) is 5.80. The molecule has 21 heavy (non-hydrogen) atoms. The van der Waals surface area contributed by atoms with Gasteiger partial charge in [-0.1, -0.05) is 11.6 Å². The van der Waals surface area contributed by atoms with Crippen LogP contribution in [0, 0.1) is 6.92 Å². The summed E-state index contributed by atoms with van der Waals surface area (Å²) in [6.07, 6.45) is 0. The second-order valence-corrected chi connectivity index (χ2v) is 5.80. The lowest BCUT2D eigenvalue weighted by Gasteiger charge is -2.20. The lowest BCUT2D eigenvalue weighted by atomic mass is 9.95. The molecule has 0 fully saturated rings. The Morgan fingerprint density at radius 3 is 2.52 bits per heavy atom. The van der Waals surface area contributed by atoms with Gasteiger partial charge < -0.3 is 10.5 Å². The van der Waals surface area contributed by atoms with E-state index < -0.39 is 5.54 Å². The van der Waals surface area contributed by atoms with Gasteiger partial charge in [-0.25, -0.2) is 4.68 Å². The molecule has 0 aliphatic heterocycles. The van der Waals surface area contributed by atoms with Crippen molar-refractivity contribution in [3.63, 3.8) is 0 Å². The Balaban J connectivity index is 2.74. The molecule has 5 heteroatoms. The number of nitrogens with zero attached hydrogens (tertiary/aromatic N) is 2. The van der Waals surface area contributed by atoms with Gasteiger partial charge >= 0.3 is 0 Å². The third kappa shape index (κ3) is 2.97. The molecule has 0 saturated heterocycles. The summed E-state index contributed by atoms with van der Waals surface area (Å²) in [6, 6.07) is 7.60. The fourth-order valence-electron chi connectivity index (χ4n) is 2.22. The molecule has 2 rings (SSSR count). The summed E-state index contributed by atoms with van der Waals surface area (Å²) in [5.74, 6) is 0.715.